The predicted octanol–water partition coefficient (Wildman–Crippen LogP) is 3.21. The fraction of sp³-hybridized carbons (Fsp3) is 0.0556. The minimum absolute atomic E-state index is 0.337. The summed E-state index contributed by atoms with van der Waals surface area (Å²) in [6.07, 6.45) is 1.66. The molecule has 0 atom stereocenters. The molecule has 1 aliphatic carbocycles. The molecule has 0 amide bonds. The van der Waals surface area contributed by atoms with Gasteiger partial charge in [0.2, 0.25) is 0 Å². The van der Waals surface area contributed by atoms with Gasteiger partial charge in [-0.1, -0.05) is 61.2 Å². The number of Topliss-reactive ketones (excluding diaryl/α,β-unsaturated/α-hetero) is 3. The van der Waals surface area contributed by atoms with E-state index in [0.29, 0.717) is 16.7 Å². The first-order valence-electron chi connectivity index (χ1n) is 6.57. The van der Waals surface area contributed by atoms with Crippen LogP contribution >= 0.6 is 0 Å². The van der Waals surface area contributed by atoms with Crippen LogP contribution < -0.4 is 0 Å². The molecule has 3 rings (SSSR count). The quantitative estimate of drug-likeness (QED) is 0.639. The third-order valence-electron chi connectivity index (χ3n) is 3.68. The van der Waals surface area contributed by atoms with Crippen LogP contribution in [0.25, 0.3) is 6.08 Å². The molecule has 1 aliphatic rings. The molecule has 21 heavy (non-hydrogen) atoms. The molecule has 0 fully saturated rings. The van der Waals surface area contributed by atoms with Crippen LogP contribution in [0.2, 0.25) is 0 Å². The van der Waals surface area contributed by atoms with Gasteiger partial charge in [-0.15, -0.1) is 0 Å². The summed E-state index contributed by atoms with van der Waals surface area (Å²) in [6.45, 7) is 3.64. The van der Waals surface area contributed by atoms with Gasteiger partial charge in [0.1, 0.15) is 5.92 Å². The molecule has 0 radical (unpaired) electrons. The minimum Gasteiger partial charge on any atom is -0.293 e. The molecule has 3 heteroatoms. The van der Waals surface area contributed by atoms with E-state index < -0.39 is 23.3 Å². The van der Waals surface area contributed by atoms with Gasteiger partial charge >= 0.3 is 0 Å². The summed E-state index contributed by atoms with van der Waals surface area (Å²) < 4.78 is 0. The molecule has 2 aromatic rings. The number of hydrogen-bond acceptors (Lipinski definition) is 3. The van der Waals surface area contributed by atoms with Crippen LogP contribution in [0, 0.1) is 5.92 Å². The second-order valence-electron chi connectivity index (χ2n) is 4.90. The normalized spacial score (nSPS) is 14.1. The van der Waals surface area contributed by atoms with E-state index in [1.807, 2.05) is 0 Å². The average molecular weight is 276 g/mol. The van der Waals surface area contributed by atoms with Crippen molar-refractivity contribution in [1.82, 2.24) is 0 Å². The van der Waals surface area contributed by atoms with Crippen LogP contribution in [-0.2, 0) is 0 Å². The number of benzene rings is 2. The highest BCUT2D eigenvalue weighted by Crippen LogP contribution is 2.29. The highest BCUT2D eigenvalue weighted by Gasteiger charge is 2.43. The van der Waals surface area contributed by atoms with E-state index in [-0.39, 0.29) is 0 Å². The van der Waals surface area contributed by atoms with Crippen molar-refractivity contribution in [1.29, 1.82) is 0 Å². The topological polar surface area (TPSA) is 51.2 Å². The summed E-state index contributed by atoms with van der Waals surface area (Å²) in [5.41, 5.74) is 1.91. The van der Waals surface area contributed by atoms with E-state index in [1.165, 1.54) is 0 Å². The lowest BCUT2D eigenvalue weighted by Gasteiger charge is -2.06. The number of ketones is 3. The van der Waals surface area contributed by atoms with Gasteiger partial charge in [0, 0.05) is 16.7 Å². The minimum atomic E-state index is -1.24. The zero-order chi connectivity index (χ0) is 15.0. The highest BCUT2D eigenvalue weighted by atomic mass is 16.2. The van der Waals surface area contributed by atoms with E-state index in [1.54, 1.807) is 54.6 Å². The number of carbonyl (C=O) groups excluding carboxylic acids is 3. The van der Waals surface area contributed by atoms with Gasteiger partial charge < -0.3 is 0 Å². The number of fused-ring (bicyclic) bond motifs is 1. The van der Waals surface area contributed by atoms with Crippen LogP contribution in [-0.4, -0.2) is 17.3 Å². The maximum Gasteiger partial charge on any atom is 0.182 e. The molecule has 102 valence electrons. The first kappa shape index (κ1) is 13.2. The van der Waals surface area contributed by atoms with Gasteiger partial charge in [-0.05, 0) is 5.56 Å². The Balaban J connectivity index is 1.98. The molecular formula is C18H12O3. The highest BCUT2D eigenvalue weighted by molar-refractivity contribution is 6.37. The van der Waals surface area contributed by atoms with Gasteiger partial charge in [0.05, 0.1) is 0 Å². The van der Waals surface area contributed by atoms with Crippen molar-refractivity contribution in [3.05, 3.63) is 77.4 Å². The average Bonchev–Trinajstić information content (AvgIpc) is 2.79. The first-order valence-corrected chi connectivity index (χ1v) is 6.57. The lowest BCUT2D eigenvalue weighted by atomic mass is 9.93. The van der Waals surface area contributed by atoms with Crippen molar-refractivity contribution in [2.24, 2.45) is 5.92 Å². The fourth-order valence-corrected chi connectivity index (χ4v) is 2.53. The standard InChI is InChI=1S/C18H12O3/c1-2-11-7-9-12(10-8-11)16(19)15-17(20)13-5-3-4-6-14(13)18(15)21/h2-10,15H,1H2. The lowest BCUT2D eigenvalue weighted by molar-refractivity contribution is 0.0756. The summed E-state index contributed by atoms with van der Waals surface area (Å²) in [4.78, 5) is 37.0. The molecule has 0 N–H and O–H groups in total. The summed E-state index contributed by atoms with van der Waals surface area (Å²) in [5, 5.41) is 0. The fourth-order valence-electron chi connectivity index (χ4n) is 2.53. The number of rotatable bonds is 3. The second-order valence-corrected chi connectivity index (χ2v) is 4.90. The molecule has 0 bridgehead atoms. The Morgan fingerprint density at radius 1 is 0.905 bits per heavy atom. The van der Waals surface area contributed by atoms with Crippen molar-refractivity contribution in [3.63, 3.8) is 0 Å². The molecule has 0 aromatic heterocycles. The van der Waals surface area contributed by atoms with E-state index in [2.05, 4.69) is 6.58 Å². The molecule has 0 spiro atoms. The van der Waals surface area contributed by atoms with Gasteiger partial charge in [0.15, 0.2) is 17.3 Å². The molecule has 0 aliphatic heterocycles. The SMILES string of the molecule is C=Cc1ccc(C(=O)C2C(=O)c3ccccc3C2=O)cc1. The Labute approximate surface area is 121 Å². The van der Waals surface area contributed by atoms with Crippen molar-refractivity contribution in [2.45, 2.75) is 0 Å². The van der Waals surface area contributed by atoms with E-state index in [4.69, 9.17) is 0 Å². The maximum atomic E-state index is 12.5. The summed E-state index contributed by atoms with van der Waals surface area (Å²) in [5.74, 6) is -2.50. The van der Waals surface area contributed by atoms with E-state index in [0.717, 1.165) is 5.56 Å². The van der Waals surface area contributed by atoms with Crippen molar-refractivity contribution < 1.29 is 14.4 Å². The van der Waals surface area contributed by atoms with Crippen molar-refractivity contribution in [2.75, 3.05) is 0 Å². The Morgan fingerprint density at radius 3 is 1.90 bits per heavy atom. The van der Waals surface area contributed by atoms with Gasteiger partial charge in [0.25, 0.3) is 0 Å². The number of hydrogen-bond donors (Lipinski definition) is 0. The van der Waals surface area contributed by atoms with Crippen LogP contribution in [0.3, 0.4) is 0 Å². The molecule has 0 heterocycles. The van der Waals surface area contributed by atoms with Gasteiger partial charge in [-0.25, -0.2) is 0 Å². The van der Waals surface area contributed by atoms with Crippen LogP contribution in [0.4, 0.5) is 0 Å². The predicted molar refractivity (Wildman–Crippen MR) is 79.5 cm³/mol. The van der Waals surface area contributed by atoms with Crippen LogP contribution in [0.5, 0.6) is 0 Å². The molecule has 0 unspecified atom stereocenters. The monoisotopic (exact) mass is 276 g/mol. The third-order valence-corrected chi connectivity index (χ3v) is 3.68. The van der Waals surface area contributed by atoms with Crippen molar-refractivity contribution >= 4 is 23.4 Å². The molecular weight excluding hydrogens is 264 g/mol. The molecule has 3 nitrogen and oxygen atoms in total. The van der Waals surface area contributed by atoms with Crippen LogP contribution in [0.1, 0.15) is 36.6 Å². The van der Waals surface area contributed by atoms with Crippen LogP contribution in [0.15, 0.2) is 55.1 Å². The summed E-state index contributed by atoms with van der Waals surface area (Å²) in [7, 11) is 0. The summed E-state index contributed by atoms with van der Waals surface area (Å²) in [6, 6.07) is 13.2. The van der Waals surface area contributed by atoms with E-state index >= 15 is 0 Å². The van der Waals surface area contributed by atoms with Crippen molar-refractivity contribution in [3.8, 4) is 0 Å². The second kappa shape index (κ2) is 4.94. The van der Waals surface area contributed by atoms with Gasteiger partial charge in [-0.3, -0.25) is 14.4 Å². The smallest absolute Gasteiger partial charge is 0.182 e. The summed E-state index contributed by atoms with van der Waals surface area (Å²) >= 11 is 0. The Morgan fingerprint density at radius 2 is 1.43 bits per heavy atom. The van der Waals surface area contributed by atoms with Gasteiger partial charge in [-0.2, -0.15) is 0 Å². The molecule has 2 aromatic carbocycles. The Bertz CT molecular complexity index is 734. The van der Waals surface area contributed by atoms with E-state index in [9.17, 15) is 14.4 Å². The Hall–Kier alpha value is -2.81. The molecule has 0 saturated carbocycles. The zero-order valence-electron chi connectivity index (χ0n) is 11.2. The first-order chi connectivity index (χ1) is 10.1. The third kappa shape index (κ3) is 2.03. The molecule has 0 saturated heterocycles. The Kier molecular flexibility index (Phi) is 3.10. The lowest BCUT2D eigenvalue weighted by Crippen LogP contribution is -2.25. The largest absolute Gasteiger partial charge is 0.293 e. The maximum absolute atomic E-state index is 12.5. The zero-order valence-corrected chi connectivity index (χ0v) is 11.2. The number of carbonyl (C=O) groups is 3.